The molecule has 0 saturated heterocycles. The number of ether oxygens (including phenoxy) is 1. The summed E-state index contributed by atoms with van der Waals surface area (Å²) in [6.45, 7) is 10.1. The van der Waals surface area contributed by atoms with E-state index in [1.165, 1.54) is 24.9 Å². The number of benzene rings is 3. The second-order valence-electron chi connectivity index (χ2n) is 8.21. The lowest BCUT2D eigenvalue weighted by atomic mass is 10.1. The highest BCUT2D eigenvalue weighted by Gasteiger charge is 2.19. The lowest BCUT2D eigenvalue weighted by Crippen LogP contribution is -2.21. The van der Waals surface area contributed by atoms with Gasteiger partial charge in [0.25, 0.3) is 5.91 Å². The molecule has 0 spiro atoms. The molecule has 7 nitrogen and oxygen atoms in total. The van der Waals surface area contributed by atoms with Gasteiger partial charge in [0.05, 0.1) is 23.4 Å². The van der Waals surface area contributed by atoms with Gasteiger partial charge < -0.3 is 15.0 Å². The van der Waals surface area contributed by atoms with Crippen molar-refractivity contribution in [1.82, 2.24) is 15.0 Å². The average molecular weight is 512 g/mol. The molecule has 4 rings (SSSR count). The monoisotopic (exact) mass is 511 g/mol. The number of aryl methyl sites for hydroxylation is 2. The molecule has 0 aliphatic heterocycles. The van der Waals surface area contributed by atoms with Crippen molar-refractivity contribution < 1.29 is 9.53 Å². The van der Waals surface area contributed by atoms with Crippen LogP contribution >= 0.6 is 23.2 Å². The van der Waals surface area contributed by atoms with Crippen LogP contribution in [0.5, 0.6) is 5.75 Å². The number of carbonyl (C=O) groups is 1. The summed E-state index contributed by atoms with van der Waals surface area (Å²) < 4.78 is 5.31. The molecule has 0 fully saturated rings. The van der Waals surface area contributed by atoms with Gasteiger partial charge in [-0.3, -0.25) is 4.79 Å². The van der Waals surface area contributed by atoms with Crippen LogP contribution in [0.1, 0.15) is 35.3 Å². The quantitative estimate of drug-likeness (QED) is 0.308. The molecule has 4 aromatic rings. The van der Waals surface area contributed by atoms with E-state index in [4.69, 9.17) is 27.9 Å². The van der Waals surface area contributed by atoms with Gasteiger partial charge in [0.1, 0.15) is 16.8 Å². The summed E-state index contributed by atoms with van der Waals surface area (Å²) in [6, 6.07) is 13.0. The molecular formula is C26H27Cl2N5O2. The smallest absolute Gasteiger partial charge is 0.259 e. The molecule has 9 heteroatoms. The first-order valence-corrected chi connectivity index (χ1v) is 12.1. The Kier molecular flexibility index (Phi) is 7.19. The van der Waals surface area contributed by atoms with Gasteiger partial charge in [-0.05, 0) is 81.3 Å². The van der Waals surface area contributed by atoms with Crippen LogP contribution in [0.15, 0.2) is 42.5 Å². The molecule has 0 aliphatic rings. The summed E-state index contributed by atoms with van der Waals surface area (Å²) in [5, 5.41) is 12.9. The third-order valence-electron chi connectivity index (χ3n) is 5.96. The first-order chi connectivity index (χ1) is 16.7. The van der Waals surface area contributed by atoms with Crippen LogP contribution in [0.25, 0.3) is 16.7 Å². The van der Waals surface area contributed by atoms with E-state index in [1.807, 2.05) is 25.1 Å². The Balaban J connectivity index is 1.67. The largest absolute Gasteiger partial charge is 0.494 e. The number of carbonyl (C=O) groups excluding carboxylic acids is 1. The molecular weight excluding hydrogens is 485 g/mol. The number of nitrogens with zero attached hydrogens (tertiary/aromatic N) is 4. The molecule has 0 unspecified atom stereocenters. The maximum absolute atomic E-state index is 13.0. The van der Waals surface area contributed by atoms with E-state index in [0.29, 0.717) is 16.2 Å². The van der Waals surface area contributed by atoms with Gasteiger partial charge in [-0.25, -0.2) is 0 Å². The van der Waals surface area contributed by atoms with Crippen molar-refractivity contribution >= 4 is 51.5 Å². The predicted molar refractivity (Wildman–Crippen MR) is 143 cm³/mol. The van der Waals surface area contributed by atoms with Crippen molar-refractivity contribution in [3.8, 4) is 11.4 Å². The SMILES string of the molecule is CCN(CC)c1ccc(-n2nc3cc(C)c(NC(=O)c4cc(Cl)cc(Cl)c4OC)cc3n2)c(C)c1. The van der Waals surface area contributed by atoms with Gasteiger partial charge in [0.15, 0.2) is 0 Å². The van der Waals surface area contributed by atoms with E-state index >= 15 is 0 Å². The van der Waals surface area contributed by atoms with Crippen LogP contribution in [0, 0.1) is 13.8 Å². The number of fused-ring (bicyclic) bond motifs is 1. The normalized spacial score (nSPS) is 11.1. The Labute approximate surface area is 214 Å². The Hall–Kier alpha value is -3.29. The summed E-state index contributed by atoms with van der Waals surface area (Å²) in [5.74, 6) is -0.120. The zero-order valence-corrected chi connectivity index (χ0v) is 21.8. The fraction of sp³-hybridized carbons (Fsp3) is 0.269. The van der Waals surface area contributed by atoms with Crippen LogP contribution in [-0.2, 0) is 0 Å². The minimum atomic E-state index is -0.385. The molecule has 35 heavy (non-hydrogen) atoms. The number of halogens is 2. The fourth-order valence-electron chi connectivity index (χ4n) is 4.09. The second kappa shape index (κ2) is 10.1. The van der Waals surface area contributed by atoms with Crippen LogP contribution in [0.4, 0.5) is 11.4 Å². The molecule has 0 radical (unpaired) electrons. The van der Waals surface area contributed by atoms with E-state index in [-0.39, 0.29) is 22.2 Å². The highest BCUT2D eigenvalue weighted by molar-refractivity contribution is 6.36. The van der Waals surface area contributed by atoms with Gasteiger partial charge in [-0.2, -0.15) is 4.80 Å². The molecule has 1 N–H and O–H groups in total. The van der Waals surface area contributed by atoms with Crippen molar-refractivity contribution in [2.45, 2.75) is 27.7 Å². The number of hydrogen-bond donors (Lipinski definition) is 1. The van der Waals surface area contributed by atoms with Crippen molar-refractivity contribution in [1.29, 1.82) is 0 Å². The second-order valence-corrected chi connectivity index (χ2v) is 9.05. The maximum Gasteiger partial charge on any atom is 0.259 e. The molecule has 0 saturated carbocycles. The zero-order valence-electron chi connectivity index (χ0n) is 20.3. The summed E-state index contributed by atoms with van der Waals surface area (Å²) in [5.41, 5.74) is 6.25. The van der Waals surface area contributed by atoms with Crippen molar-refractivity contribution in [2.75, 3.05) is 30.4 Å². The third-order valence-corrected chi connectivity index (χ3v) is 6.46. The minimum Gasteiger partial charge on any atom is -0.494 e. The molecule has 0 aliphatic carbocycles. The summed E-state index contributed by atoms with van der Waals surface area (Å²) in [6.07, 6.45) is 0. The standard InChI is InChI=1S/C26H27Cl2N5O2/c1-6-32(7-2)18-8-9-24(16(4)10-18)33-30-22-11-15(3)21(14-23(22)31-33)29-26(34)19-12-17(27)13-20(28)25(19)35-5/h8-14H,6-7H2,1-5H3,(H,29,34). The number of nitrogens with one attached hydrogen (secondary N) is 1. The van der Waals surface area contributed by atoms with Crippen LogP contribution < -0.4 is 15.0 Å². The number of methoxy groups -OCH3 is 1. The Morgan fingerprint density at radius 1 is 1.00 bits per heavy atom. The number of anilines is 2. The van der Waals surface area contributed by atoms with Crippen molar-refractivity contribution in [3.05, 3.63) is 69.2 Å². The topological polar surface area (TPSA) is 72.3 Å². The third kappa shape index (κ3) is 4.92. The number of aromatic nitrogens is 3. The van der Waals surface area contributed by atoms with E-state index in [2.05, 4.69) is 53.3 Å². The molecule has 1 amide bonds. The van der Waals surface area contributed by atoms with Gasteiger partial charge in [0.2, 0.25) is 0 Å². The van der Waals surface area contributed by atoms with Crippen molar-refractivity contribution in [2.24, 2.45) is 0 Å². The van der Waals surface area contributed by atoms with E-state index in [0.717, 1.165) is 35.4 Å². The summed E-state index contributed by atoms with van der Waals surface area (Å²) >= 11 is 12.3. The summed E-state index contributed by atoms with van der Waals surface area (Å²) in [7, 11) is 1.46. The van der Waals surface area contributed by atoms with Gasteiger partial charge >= 0.3 is 0 Å². The maximum atomic E-state index is 13.0. The van der Waals surface area contributed by atoms with Crippen LogP contribution in [0.3, 0.4) is 0 Å². The Morgan fingerprint density at radius 2 is 1.69 bits per heavy atom. The Morgan fingerprint density at radius 3 is 2.31 bits per heavy atom. The number of hydrogen-bond acceptors (Lipinski definition) is 5. The molecule has 1 aromatic heterocycles. The highest BCUT2D eigenvalue weighted by Crippen LogP contribution is 2.33. The zero-order chi connectivity index (χ0) is 25.3. The van der Waals surface area contributed by atoms with Crippen LogP contribution in [0.2, 0.25) is 10.0 Å². The minimum absolute atomic E-state index is 0.247. The van der Waals surface area contributed by atoms with Gasteiger partial charge in [-0.15, -0.1) is 10.2 Å². The lowest BCUT2D eigenvalue weighted by molar-refractivity contribution is 0.102. The molecule has 0 bridgehead atoms. The lowest BCUT2D eigenvalue weighted by Gasteiger charge is -2.22. The highest BCUT2D eigenvalue weighted by atomic mass is 35.5. The van der Waals surface area contributed by atoms with E-state index in [1.54, 1.807) is 4.80 Å². The van der Waals surface area contributed by atoms with Crippen LogP contribution in [-0.4, -0.2) is 41.1 Å². The number of rotatable bonds is 7. The van der Waals surface area contributed by atoms with E-state index < -0.39 is 0 Å². The van der Waals surface area contributed by atoms with Crippen molar-refractivity contribution in [3.63, 3.8) is 0 Å². The first kappa shape index (κ1) is 24.8. The molecule has 1 heterocycles. The fourth-order valence-corrected chi connectivity index (χ4v) is 4.66. The molecule has 3 aromatic carbocycles. The Bertz CT molecular complexity index is 1410. The first-order valence-electron chi connectivity index (χ1n) is 11.3. The molecule has 182 valence electrons. The van der Waals surface area contributed by atoms with E-state index in [9.17, 15) is 4.79 Å². The number of amides is 1. The average Bonchev–Trinajstić information content (AvgIpc) is 3.22. The molecule has 0 atom stereocenters. The van der Waals surface area contributed by atoms with Gasteiger partial charge in [-0.1, -0.05) is 23.2 Å². The van der Waals surface area contributed by atoms with Gasteiger partial charge in [0, 0.05) is 29.5 Å². The predicted octanol–water partition coefficient (Wildman–Crippen LogP) is 6.45. The summed E-state index contributed by atoms with van der Waals surface area (Å²) in [4.78, 5) is 17.0.